The molecule has 1 aromatic carbocycles. The molecule has 8 heteroatoms. The van der Waals surface area contributed by atoms with Crippen molar-refractivity contribution in [3.63, 3.8) is 0 Å². The minimum absolute atomic E-state index is 0.112. The Kier molecular flexibility index (Phi) is 6.65. The molecule has 6 nitrogen and oxygen atoms in total. The van der Waals surface area contributed by atoms with Crippen molar-refractivity contribution in [1.29, 1.82) is 0 Å². The van der Waals surface area contributed by atoms with Crippen LogP contribution in [0.5, 0.6) is 0 Å². The van der Waals surface area contributed by atoms with Gasteiger partial charge in [0.25, 0.3) is 0 Å². The maximum absolute atomic E-state index is 12.6. The Hall–Kier alpha value is -1.57. The topological polar surface area (TPSA) is 78.5 Å². The van der Waals surface area contributed by atoms with Crippen LogP contribution in [0.4, 0.5) is 0 Å². The summed E-state index contributed by atoms with van der Waals surface area (Å²) in [6.07, 6.45) is 5.44. The first-order valence-corrected chi connectivity index (χ1v) is 9.73. The van der Waals surface area contributed by atoms with Gasteiger partial charge < -0.3 is 5.43 Å². The van der Waals surface area contributed by atoms with E-state index in [2.05, 4.69) is 10.9 Å². The van der Waals surface area contributed by atoms with E-state index in [-0.39, 0.29) is 16.7 Å². The van der Waals surface area contributed by atoms with E-state index in [1.54, 1.807) is 18.3 Å². The minimum atomic E-state index is -3.54. The van der Waals surface area contributed by atoms with Crippen molar-refractivity contribution in [2.75, 3.05) is 13.1 Å². The van der Waals surface area contributed by atoms with Crippen LogP contribution in [-0.2, 0) is 14.8 Å². The zero-order valence-electron chi connectivity index (χ0n) is 13.5. The van der Waals surface area contributed by atoms with Gasteiger partial charge in [0.05, 0.1) is 4.90 Å². The third kappa shape index (κ3) is 4.72. The Balaban J connectivity index is 1.91. The number of carbonyl (C=O) groups excluding carboxylic acids is 1. The fourth-order valence-corrected chi connectivity index (χ4v) is 4.10. The first-order chi connectivity index (χ1) is 11.4. The molecule has 0 spiro atoms. The average Bonchev–Trinajstić information content (AvgIpc) is 2.59. The molecule has 0 atom stereocenters. The van der Waals surface area contributed by atoms with Crippen LogP contribution in [0, 0.1) is 5.92 Å². The average molecular weight is 372 g/mol. The summed E-state index contributed by atoms with van der Waals surface area (Å²) in [5, 5.41) is 0.494. The number of hydrogen-bond acceptors (Lipinski definition) is 4. The molecule has 0 aromatic heterocycles. The molecular formula is C16H22ClN3O3S. The smallest absolute Gasteiger partial charge is 0.243 e. The van der Waals surface area contributed by atoms with Gasteiger partial charge in [-0.25, -0.2) is 8.42 Å². The molecule has 1 aliphatic rings. The quantitative estimate of drug-likeness (QED) is 0.752. The van der Waals surface area contributed by atoms with Crippen LogP contribution in [-0.4, -0.2) is 31.7 Å². The molecule has 0 radical (unpaired) electrons. The summed E-state index contributed by atoms with van der Waals surface area (Å²) in [4.78, 5) is 12.3. The number of rotatable bonds is 6. The van der Waals surface area contributed by atoms with Crippen molar-refractivity contribution in [3.05, 3.63) is 41.6 Å². The molecule has 2 rings (SSSR count). The number of halogens is 1. The Morgan fingerprint density at radius 2 is 1.92 bits per heavy atom. The van der Waals surface area contributed by atoms with Crippen LogP contribution < -0.4 is 10.9 Å². The Morgan fingerprint density at radius 3 is 2.50 bits per heavy atom. The SMILES string of the molecule is CCC=CNNC(=O)C1CCN(S(=O)(=O)c2ccc(Cl)cc2)CC1. The zero-order valence-corrected chi connectivity index (χ0v) is 15.1. The summed E-state index contributed by atoms with van der Waals surface area (Å²) in [5.41, 5.74) is 5.35. The lowest BCUT2D eigenvalue weighted by Gasteiger charge is -2.30. The van der Waals surface area contributed by atoms with Crippen molar-refractivity contribution in [1.82, 2.24) is 15.2 Å². The van der Waals surface area contributed by atoms with Gasteiger partial charge in [0, 0.05) is 30.2 Å². The second kappa shape index (κ2) is 8.50. The van der Waals surface area contributed by atoms with Crippen LogP contribution in [0.1, 0.15) is 26.2 Å². The highest BCUT2D eigenvalue weighted by Crippen LogP contribution is 2.24. The fourth-order valence-electron chi connectivity index (χ4n) is 2.51. The second-order valence-corrected chi connectivity index (χ2v) is 7.95. The lowest BCUT2D eigenvalue weighted by Crippen LogP contribution is -2.45. The number of piperidine rings is 1. The van der Waals surface area contributed by atoms with E-state index < -0.39 is 10.0 Å². The number of sulfonamides is 1. The predicted octanol–water partition coefficient (Wildman–Crippen LogP) is 2.29. The molecule has 1 aliphatic heterocycles. The third-order valence-electron chi connectivity index (χ3n) is 3.91. The Morgan fingerprint density at radius 1 is 1.29 bits per heavy atom. The molecule has 0 bridgehead atoms. The van der Waals surface area contributed by atoms with Crippen molar-refractivity contribution in [2.24, 2.45) is 5.92 Å². The monoisotopic (exact) mass is 371 g/mol. The van der Waals surface area contributed by atoms with Gasteiger partial charge in [-0.05, 0) is 43.5 Å². The van der Waals surface area contributed by atoms with Crippen LogP contribution in [0.3, 0.4) is 0 Å². The predicted molar refractivity (Wildman–Crippen MR) is 93.6 cm³/mol. The molecular weight excluding hydrogens is 350 g/mol. The van der Waals surface area contributed by atoms with Crippen molar-refractivity contribution in [3.8, 4) is 0 Å². The van der Waals surface area contributed by atoms with Crippen molar-refractivity contribution >= 4 is 27.5 Å². The van der Waals surface area contributed by atoms with Crippen LogP contribution in [0.25, 0.3) is 0 Å². The summed E-state index contributed by atoms with van der Waals surface area (Å²) in [6.45, 7) is 2.65. The van der Waals surface area contributed by atoms with Gasteiger partial charge in [0.1, 0.15) is 0 Å². The van der Waals surface area contributed by atoms with Crippen LogP contribution in [0.2, 0.25) is 5.02 Å². The first-order valence-electron chi connectivity index (χ1n) is 7.91. The van der Waals surface area contributed by atoms with Gasteiger partial charge in [0.2, 0.25) is 15.9 Å². The van der Waals surface area contributed by atoms with Crippen molar-refractivity contribution in [2.45, 2.75) is 31.1 Å². The number of nitrogens with one attached hydrogen (secondary N) is 2. The first kappa shape index (κ1) is 18.8. The molecule has 1 heterocycles. The second-order valence-electron chi connectivity index (χ2n) is 5.58. The normalized spacial score (nSPS) is 17.1. The highest BCUT2D eigenvalue weighted by Gasteiger charge is 2.31. The molecule has 0 aliphatic carbocycles. The third-order valence-corrected chi connectivity index (χ3v) is 6.07. The number of benzene rings is 1. The van der Waals surface area contributed by atoms with E-state index in [1.165, 1.54) is 16.4 Å². The number of hydrazine groups is 1. The van der Waals surface area contributed by atoms with Gasteiger partial charge in [0.15, 0.2) is 0 Å². The van der Waals surface area contributed by atoms with Gasteiger partial charge in [-0.1, -0.05) is 24.6 Å². The summed E-state index contributed by atoms with van der Waals surface area (Å²) in [7, 11) is -3.54. The number of nitrogens with zero attached hydrogens (tertiary/aromatic N) is 1. The molecule has 1 fully saturated rings. The van der Waals surface area contributed by atoms with E-state index in [0.717, 1.165) is 6.42 Å². The lowest BCUT2D eigenvalue weighted by molar-refractivity contribution is -0.126. The van der Waals surface area contributed by atoms with Gasteiger partial charge in [-0.15, -0.1) is 0 Å². The Labute approximate surface area is 147 Å². The van der Waals surface area contributed by atoms with E-state index >= 15 is 0 Å². The maximum atomic E-state index is 12.6. The van der Waals surface area contributed by atoms with Gasteiger partial charge >= 0.3 is 0 Å². The van der Waals surface area contributed by atoms with E-state index in [9.17, 15) is 13.2 Å². The highest BCUT2D eigenvalue weighted by atomic mass is 35.5. The molecule has 0 saturated carbocycles. The number of carbonyl (C=O) groups is 1. The van der Waals surface area contributed by atoms with Crippen LogP contribution >= 0.6 is 11.6 Å². The summed E-state index contributed by atoms with van der Waals surface area (Å²) in [5.74, 6) is -0.302. The Bertz CT molecular complexity index is 681. The molecule has 24 heavy (non-hydrogen) atoms. The maximum Gasteiger partial charge on any atom is 0.243 e. The minimum Gasteiger partial charge on any atom is -0.306 e. The van der Waals surface area contributed by atoms with Gasteiger partial charge in [-0.2, -0.15) is 4.31 Å². The number of allylic oxidation sites excluding steroid dienone is 1. The molecule has 132 valence electrons. The molecule has 1 saturated heterocycles. The molecule has 2 N–H and O–H groups in total. The van der Waals surface area contributed by atoms with E-state index in [4.69, 9.17) is 11.6 Å². The highest BCUT2D eigenvalue weighted by molar-refractivity contribution is 7.89. The molecule has 1 aromatic rings. The number of hydrogen-bond donors (Lipinski definition) is 2. The zero-order chi connectivity index (χ0) is 17.6. The van der Waals surface area contributed by atoms with E-state index in [0.29, 0.717) is 31.0 Å². The summed E-state index contributed by atoms with van der Waals surface area (Å²) < 4.78 is 26.6. The molecule has 0 unspecified atom stereocenters. The lowest BCUT2D eigenvalue weighted by atomic mass is 9.98. The number of amides is 1. The summed E-state index contributed by atoms with van der Waals surface area (Å²) in [6, 6.07) is 6.12. The standard InChI is InChI=1S/C16H22ClN3O3S/c1-2-3-10-18-19-16(21)13-8-11-20(12-9-13)24(22,23)15-6-4-14(17)5-7-15/h3-7,10,13,18H,2,8-9,11-12H2,1H3,(H,19,21). The summed E-state index contributed by atoms with van der Waals surface area (Å²) >= 11 is 5.80. The largest absolute Gasteiger partial charge is 0.306 e. The molecule has 1 amide bonds. The van der Waals surface area contributed by atoms with Crippen molar-refractivity contribution < 1.29 is 13.2 Å². The van der Waals surface area contributed by atoms with E-state index in [1.807, 2.05) is 13.0 Å². The fraction of sp³-hybridized carbons (Fsp3) is 0.438. The van der Waals surface area contributed by atoms with Crippen LogP contribution in [0.15, 0.2) is 41.4 Å². The van der Waals surface area contributed by atoms with Gasteiger partial charge in [-0.3, -0.25) is 10.2 Å².